The van der Waals surface area contributed by atoms with Crippen molar-refractivity contribution in [1.82, 2.24) is 0 Å². The average molecular weight is 444 g/mol. The summed E-state index contributed by atoms with van der Waals surface area (Å²) in [5.41, 5.74) is -0.702. The molecule has 0 aliphatic carbocycles. The Kier molecular flexibility index (Phi) is 8.50. The zero-order valence-corrected chi connectivity index (χ0v) is 17.5. The van der Waals surface area contributed by atoms with Crippen molar-refractivity contribution in [2.45, 2.75) is 57.9 Å². The minimum atomic E-state index is -4.79. The molecule has 172 valence electrons. The first-order valence-electron chi connectivity index (χ1n) is 10.2. The largest absolute Gasteiger partial charge is 0.573 e. The molecule has 2 unspecified atom stereocenters. The number of halogens is 3. The van der Waals surface area contributed by atoms with E-state index in [0.29, 0.717) is 18.4 Å². The van der Waals surface area contributed by atoms with E-state index in [1.54, 1.807) is 0 Å². The molecule has 9 heteroatoms. The smallest absolute Gasteiger partial charge is 0.461 e. The van der Waals surface area contributed by atoms with Crippen LogP contribution in [0.3, 0.4) is 0 Å². The summed E-state index contributed by atoms with van der Waals surface area (Å²) < 4.78 is 51.2. The summed E-state index contributed by atoms with van der Waals surface area (Å²) in [7, 11) is 0. The minimum absolute atomic E-state index is 0.00215. The highest BCUT2D eigenvalue weighted by atomic mass is 19.4. The van der Waals surface area contributed by atoms with E-state index in [2.05, 4.69) is 4.74 Å². The van der Waals surface area contributed by atoms with Crippen molar-refractivity contribution < 1.29 is 42.1 Å². The normalized spacial score (nSPS) is 21.1. The minimum Gasteiger partial charge on any atom is -0.461 e. The lowest BCUT2D eigenvalue weighted by atomic mass is 9.97. The van der Waals surface area contributed by atoms with Crippen LogP contribution in [0.4, 0.5) is 13.2 Å². The predicted molar refractivity (Wildman–Crippen MR) is 106 cm³/mol. The van der Waals surface area contributed by atoms with Crippen molar-refractivity contribution in [2.24, 2.45) is 5.92 Å². The van der Waals surface area contributed by atoms with Gasteiger partial charge in [-0.2, -0.15) is 0 Å². The molecular weight excluding hydrogens is 417 g/mol. The molecule has 1 aromatic rings. The summed E-state index contributed by atoms with van der Waals surface area (Å²) >= 11 is 0. The lowest BCUT2D eigenvalue weighted by Crippen LogP contribution is -2.40. The molecule has 0 saturated carbocycles. The molecule has 1 saturated heterocycles. The SMILES string of the molecule is CCCCC(CC)C(=O)OCC1(CO)C/C(=C/c2ccc(OC(F)(F)F)cc2)C(=O)O1. The van der Waals surface area contributed by atoms with Crippen LogP contribution in [0.5, 0.6) is 5.75 Å². The van der Waals surface area contributed by atoms with Gasteiger partial charge in [-0.1, -0.05) is 38.8 Å². The van der Waals surface area contributed by atoms with E-state index in [9.17, 15) is 27.9 Å². The number of benzene rings is 1. The van der Waals surface area contributed by atoms with Crippen molar-refractivity contribution >= 4 is 18.0 Å². The van der Waals surface area contributed by atoms with Gasteiger partial charge in [0.15, 0.2) is 5.60 Å². The monoisotopic (exact) mass is 444 g/mol. The zero-order valence-electron chi connectivity index (χ0n) is 17.5. The maximum Gasteiger partial charge on any atom is 0.573 e. The van der Waals surface area contributed by atoms with Crippen LogP contribution in [-0.2, 0) is 19.1 Å². The van der Waals surface area contributed by atoms with Crippen molar-refractivity contribution in [3.05, 3.63) is 35.4 Å². The fraction of sp³-hybridized carbons (Fsp3) is 0.545. The molecule has 6 nitrogen and oxygen atoms in total. The summed E-state index contributed by atoms with van der Waals surface area (Å²) in [6, 6.07) is 4.98. The second kappa shape index (κ2) is 10.7. The molecule has 31 heavy (non-hydrogen) atoms. The quantitative estimate of drug-likeness (QED) is 0.425. The number of rotatable bonds is 10. The van der Waals surface area contributed by atoms with Crippen molar-refractivity contribution in [3.8, 4) is 5.75 Å². The first kappa shape index (κ1) is 24.7. The van der Waals surface area contributed by atoms with Gasteiger partial charge in [0.05, 0.1) is 12.5 Å². The highest BCUT2D eigenvalue weighted by molar-refractivity contribution is 5.96. The Morgan fingerprint density at radius 1 is 1.29 bits per heavy atom. The van der Waals surface area contributed by atoms with Gasteiger partial charge in [0.2, 0.25) is 0 Å². The first-order chi connectivity index (χ1) is 14.6. The van der Waals surface area contributed by atoms with Gasteiger partial charge in [-0.3, -0.25) is 4.79 Å². The Balaban J connectivity index is 2.04. The van der Waals surface area contributed by atoms with Crippen LogP contribution in [0, 0.1) is 5.92 Å². The van der Waals surface area contributed by atoms with Gasteiger partial charge in [0.25, 0.3) is 0 Å². The van der Waals surface area contributed by atoms with Crippen LogP contribution in [0.2, 0.25) is 0 Å². The standard InChI is InChI=1S/C22H27F3O6/c1-3-5-6-16(4-2)19(27)29-14-21(13-26)12-17(20(28)31-21)11-15-7-9-18(10-8-15)30-22(23,24)25/h7-11,16,26H,3-6,12-14H2,1-2H3/b17-11-. The van der Waals surface area contributed by atoms with E-state index < -0.39 is 30.5 Å². The average Bonchev–Trinajstić information content (AvgIpc) is 3.03. The second-order valence-electron chi connectivity index (χ2n) is 7.55. The highest BCUT2D eigenvalue weighted by Crippen LogP contribution is 2.33. The zero-order chi connectivity index (χ0) is 23.1. The number of alkyl halides is 3. The molecule has 1 N–H and O–H groups in total. The molecule has 1 aliphatic rings. The predicted octanol–water partition coefficient (Wildman–Crippen LogP) is 4.41. The van der Waals surface area contributed by atoms with E-state index in [0.717, 1.165) is 25.0 Å². The highest BCUT2D eigenvalue weighted by Gasteiger charge is 2.45. The molecular formula is C22H27F3O6. The van der Waals surface area contributed by atoms with Gasteiger partial charge >= 0.3 is 18.3 Å². The molecule has 2 atom stereocenters. The molecule has 0 bridgehead atoms. The number of aliphatic hydroxyl groups is 1. The topological polar surface area (TPSA) is 82.1 Å². The number of carbonyl (C=O) groups is 2. The number of hydrogen-bond donors (Lipinski definition) is 1. The van der Waals surface area contributed by atoms with E-state index in [-0.39, 0.29) is 30.3 Å². The van der Waals surface area contributed by atoms with Crippen molar-refractivity contribution in [3.63, 3.8) is 0 Å². The Bertz CT molecular complexity index is 787. The number of ether oxygens (including phenoxy) is 3. The molecule has 1 heterocycles. The summed E-state index contributed by atoms with van der Waals surface area (Å²) in [5.74, 6) is -1.70. The van der Waals surface area contributed by atoms with Gasteiger partial charge in [-0.05, 0) is 36.6 Å². The molecule has 0 aromatic heterocycles. The maximum atomic E-state index is 12.3. The number of cyclic esters (lactones) is 1. The lowest BCUT2D eigenvalue weighted by molar-refractivity contribution is -0.274. The summed E-state index contributed by atoms with van der Waals surface area (Å²) in [5, 5.41) is 9.79. The Hall–Kier alpha value is -2.55. The maximum absolute atomic E-state index is 12.3. The fourth-order valence-electron chi connectivity index (χ4n) is 3.27. The number of carbonyl (C=O) groups excluding carboxylic acids is 2. The van der Waals surface area contributed by atoms with E-state index in [4.69, 9.17) is 9.47 Å². The van der Waals surface area contributed by atoms with Crippen LogP contribution in [-0.4, -0.2) is 42.2 Å². The Labute approximate surface area is 179 Å². The lowest BCUT2D eigenvalue weighted by Gasteiger charge is -2.25. The number of hydrogen-bond acceptors (Lipinski definition) is 6. The van der Waals surface area contributed by atoms with E-state index >= 15 is 0 Å². The van der Waals surface area contributed by atoms with Gasteiger partial charge in [-0.25, -0.2) is 4.79 Å². The van der Waals surface area contributed by atoms with Crippen LogP contribution >= 0.6 is 0 Å². The molecule has 1 fully saturated rings. The number of aliphatic hydroxyl groups excluding tert-OH is 1. The van der Waals surface area contributed by atoms with Gasteiger partial charge < -0.3 is 19.3 Å². The fourth-order valence-corrected chi connectivity index (χ4v) is 3.27. The van der Waals surface area contributed by atoms with Gasteiger partial charge in [0.1, 0.15) is 12.4 Å². The van der Waals surface area contributed by atoms with Gasteiger partial charge in [-0.15, -0.1) is 13.2 Å². The van der Waals surface area contributed by atoms with E-state index in [1.807, 2.05) is 13.8 Å². The summed E-state index contributed by atoms with van der Waals surface area (Å²) in [6.45, 7) is 3.12. The third-order valence-corrected chi connectivity index (χ3v) is 5.04. The van der Waals surface area contributed by atoms with E-state index in [1.165, 1.54) is 18.2 Å². The van der Waals surface area contributed by atoms with Crippen LogP contribution in [0.25, 0.3) is 6.08 Å². The van der Waals surface area contributed by atoms with Gasteiger partial charge in [0, 0.05) is 12.0 Å². The molecule has 1 aliphatic heterocycles. The first-order valence-corrected chi connectivity index (χ1v) is 10.2. The summed E-state index contributed by atoms with van der Waals surface area (Å²) in [6.07, 6.45) is -0.147. The Morgan fingerprint density at radius 3 is 2.52 bits per heavy atom. The summed E-state index contributed by atoms with van der Waals surface area (Å²) in [4.78, 5) is 24.6. The third-order valence-electron chi connectivity index (χ3n) is 5.04. The Morgan fingerprint density at radius 2 is 1.97 bits per heavy atom. The number of unbranched alkanes of at least 4 members (excludes halogenated alkanes) is 1. The van der Waals surface area contributed by atoms with Crippen molar-refractivity contribution in [1.29, 1.82) is 0 Å². The second-order valence-corrected chi connectivity index (χ2v) is 7.55. The molecule has 0 radical (unpaired) electrons. The van der Waals surface area contributed by atoms with Crippen LogP contribution < -0.4 is 4.74 Å². The molecule has 1 aromatic carbocycles. The molecule has 2 rings (SSSR count). The number of esters is 2. The molecule has 0 amide bonds. The van der Waals surface area contributed by atoms with Crippen LogP contribution in [0.1, 0.15) is 51.5 Å². The third kappa shape index (κ3) is 7.27. The molecule has 0 spiro atoms. The van der Waals surface area contributed by atoms with Crippen LogP contribution in [0.15, 0.2) is 29.8 Å². The van der Waals surface area contributed by atoms with Crippen molar-refractivity contribution in [2.75, 3.05) is 13.2 Å².